The highest BCUT2D eigenvalue weighted by molar-refractivity contribution is 6.42. The lowest BCUT2D eigenvalue weighted by Crippen LogP contribution is -2.24. The smallest absolute Gasteiger partial charge is 0.150 e. The molecular weight excluding hydrogens is 279 g/mol. The van der Waals surface area contributed by atoms with Crippen molar-refractivity contribution in [2.24, 2.45) is 11.8 Å². The number of halogens is 3. The second-order valence-corrected chi connectivity index (χ2v) is 5.93. The number of nitrogens with one attached hydrogen (secondary N) is 1. The summed E-state index contributed by atoms with van der Waals surface area (Å²) < 4.78 is 0. The first-order valence-corrected chi connectivity index (χ1v) is 6.90. The molecule has 1 aliphatic carbocycles. The first-order valence-electron chi connectivity index (χ1n) is 5.77. The lowest BCUT2D eigenvalue weighted by atomic mass is 9.98. The van der Waals surface area contributed by atoms with Gasteiger partial charge in [0.15, 0.2) is 0 Å². The van der Waals surface area contributed by atoms with Crippen molar-refractivity contribution in [1.82, 2.24) is 4.98 Å². The van der Waals surface area contributed by atoms with E-state index >= 15 is 0 Å². The van der Waals surface area contributed by atoms with Crippen molar-refractivity contribution in [2.45, 2.75) is 32.7 Å². The van der Waals surface area contributed by atoms with Gasteiger partial charge in [0, 0.05) is 6.04 Å². The molecule has 5 heteroatoms. The average molecular weight is 294 g/mol. The number of pyridine rings is 1. The van der Waals surface area contributed by atoms with Crippen LogP contribution in [0.3, 0.4) is 0 Å². The summed E-state index contributed by atoms with van der Waals surface area (Å²) in [7, 11) is 0. The van der Waals surface area contributed by atoms with E-state index in [-0.39, 0.29) is 5.15 Å². The fourth-order valence-corrected chi connectivity index (χ4v) is 2.84. The molecule has 94 valence electrons. The van der Waals surface area contributed by atoms with Crippen LogP contribution in [0.4, 0.5) is 5.82 Å². The number of anilines is 1. The van der Waals surface area contributed by atoms with Gasteiger partial charge < -0.3 is 5.32 Å². The highest BCUT2D eigenvalue weighted by Gasteiger charge is 2.30. The second kappa shape index (κ2) is 5.21. The molecular formula is C12H15Cl3N2. The Labute approximate surface area is 117 Å². The molecule has 0 aliphatic heterocycles. The van der Waals surface area contributed by atoms with E-state index in [1.54, 1.807) is 6.07 Å². The molecule has 1 aromatic rings. The summed E-state index contributed by atoms with van der Waals surface area (Å²) in [4.78, 5) is 4.19. The molecule has 0 saturated heterocycles. The number of hydrogen-bond acceptors (Lipinski definition) is 2. The average Bonchev–Trinajstić information content (AvgIpc) is 2.58. The van der Waals surface area contributed by atoms with E-state index < -0.39 is 0 Å². The van der Waals surface area contributed by atoms with Gasteiger partial charge in [0.05, 0.1) is 10.0 Å². The van der Waals surface area contributed by atoms with E-state index in [0.29, 0.717) is 27.8 Å². The quantitative estimate of drug-likeness (QED) is 0.785. The number of hydrogen-bond donors (Lipinski definition) is 1. The molecule has 1 heterocycles. The van der Waals surface area contributed by atoms with Crippen LogP contribution in [0.25, 0.3) is 0 Å². The zero-order valence-corrected chi connectivity index (χ0v) is 12.1. The number of nitrogens with zero attached hydrogens (tertiary/aromatic N) is 1. The molecule has 2 nitrogen and oxygen atoms in total. The van der Waals surface area contributed by atoms with Crippen molar-refractivity contribution in [1.29, 1.82) is 0 Å². The van der Waals surface area contributed by atoms with Gasteiger partial charge in [-0.15, -0.1) is 0 Å². The molecule has 3 atom stereocenters. The molecule has 2 rings (SSSR count). The molecule has 1 fully saturated rings. The van der Waals surface area contributed by atoms with Crippen LogP contribution >= 0.6 is 34.8 Å². The lowest BCUT2D eigenvalue weighted by Gasteiger charge is -2.21. The third-order valence-electron chi connectivity index (χ3n) is 3.67. The SMILES string of the molecule is CC1CCC(Nc2nc(Cl)c(Cl)cc2Cl)C1C. The van der Waals surface area contributed by atoms with Crippen LogP contribution in [0.2, 0.25) is 15.2 Å². The predicted octanol–water partition coefficient (Wildman–Crippen LogP) is 4.89. The van der Waals surface area contributed by atoms with Crippen molar-refractivity contribution < 1.29 is 0 Å². The van der Waals surface area contributed by atoms with Crippen molar-refractivity contribution in [3.05, 3.63) is 21.3 Å². The molecule has 0 bridgehead atoms. The number of rotatable bonds is 2. The molecule has 0 aromatic carbocycles. The molecule has 0 amide bonds. The minimum Gasteiger partial charge on any atom is -0.366 e. The summed E-state index contributed by atoms with van der Waals surface area (Å²) in [5.74, 6) is 1.98. The summed E-state index contributed by atoms with van der Waals surface area (Å²) in [6, 6.07) is 2.04. The molecule has 1 aliphatic rings. The van der Waals surface area contributed by atoms with E-state index in [0.717, 1.165) is 12.3 Å². The largest absolute Gasteiger partial charge is 0.366 e. The Bertz CT molecular complexity index is 422. The Morgan fingerprint density at radius 1 is 1.18 bits per heavy atom. The number of aromatic nitrogens is 1. The van der Waals surface area contributed by atoms with Crippen LogP contribution in [-0.2, 0) is 0 Å². The zero-order chi connectivity index (χ0) is 12.6. The highest BCUT2D eigenvalue weighted by atomic mass is 35.5. The van der Waals surface area contributed by atoms with Crippen molar-refractivity contribution >= 4 is 40.6 Å². The molecule has 17 heavy (non-hydrogen) atoms. The van der Waals surface area contributed by atoms with E-state index in [2.05, 4.69) is 24.1 Å². The summed E-state index contributed by atoms with van der Waals surface area (Å²) in [5.41, 5.74) is 0. The monoisotopic (exact) mass is 292 g/mol. The second-order valence-electron chi connectivity index (χ2n) is 4.76. The summed E-state index contributed by atoms with van der Waals surface area (Å²) >= 11 is 17.8. The summed E-state index contributed by atoms with van der Waals surface area (Å²) in [6.45, 7) is 4.52. The van der Waals surface area contributed by atoms with E-state index in [4.69, 9.17) is 34.8 Å². The van der Waals surface area contributed by atoms with Crippen LogP contribution in [0.5, 0.6) is 0 Å². The van der Waals surface area contributed by atoms with Crippen molar-refractivity contribution in [3.63, 3.8) is 0 Å². The molecule has 3 unspecified atom stereocenters. The fourth-order valence-electron chi connectivity index (χ4n) is 2.29. The Morgan fingerprint density at radius 3 is 2.47 bits per heavy atom. The predicted molar refractivity (Wildman–Crippen MR) is 74.2 cm³/mol. The van der Waals surface area contributed by atoms with Crippen molar-refractivity contribution in [2.75, 3.05) is 5.32 Å². The van der Waals surface area contributed by atoms with Crippen LogP contribution in [0.15, 0.2) is 6.07 Å². The van der Waals surface area contributed by atoms with Crippen LogP contribution in [0.1, 0.15) is 26.7 Å². The van der Waals surface area contributed by atoms with Gasteiger partial charge >= 0.3 is 0 Å². The van der Waals surface area contributed by atoms with Gasteiger partial charge in [-0.25, -0.2) is 4.98 Å². The third-order valence-corrected chi connectivity index (χ3v) is 4.64. The van der Waals surface area contributed by atoms with E-state index in [1.807, 2.05) is 0 Å². The maximum Gasteiger partial charge on any atom is 0.150 e. The van der Waals surface area contributed by atoms with E-state index in [9.17, 15) is 0 Å². The first kappa shape index (κ1) is 13.3. The summed E-state index contributed by atoms with van der Waals surface area (Å²) in [6.07, 6.45) is 2.37. The molecule has 1 saturated carbocycles. The summed E-state index contributed by atoms with van der Waals surface area (Å²) in [5, 5.41) is 4.56. The normalized spacial score (nSPS) is 28.4. The van der Waals surface area contributed by atoms with Gasteiger partial charge in [-0.3, -0.25) is 0 Å². The Morgan fingerprint density at radius 2 is 1.88 bits per heavy atom. The third kappa shape index (κ3) is 2.81. The van der Waals surface area contributed by atoms with Gasteiger partial charge in [0.1, 0.15) is 11.0 Å². The van der Waals surface area contributed by atoms with Gasteiger partial charge in [-0.1, -0.05) is 48.7 Å². The zero-order valence-electron chi connectivity index (χ0n) is 9.80. The standard InChI is InChI=1S/C12H15Cl3N2/c1-6-3-4-10(7(6)2)16-12-9(14)5-8(13)11(15)17-12/h5-7,10H,3-4H2,1-2H3,(H,16,17). The Balaban J connectivity index is 2.16. The van der Waals surface area contributed by atoms with Crippen LogP contribution in [-0.4, -0.2) is 11.0 Å². The minimum absolute atomic E-state index is 0.289. The maximum atomic E-state index is 6.10. The molecule has 1 N–H and O–H groups in total. The highest BCUT2D eigenvalue weighted by Crippen LogP contribution is 2.35. The Kier molecular flexibility index (Phi) is 4.06. The molecule has 1 aromatic heterocycles. The molecule has 0 spiro atoms. The fraction of sp³-hybridized carbons (Fsp3) is 0.583. The van der Waals surface area contributed by atoms with E-state index in [1.165, 1.54) is 6.42 Å². The Hall–Kier alpha value is -0.180. The van der Waals surface area contributed by atoms with Gasteiger partial charge in [-0.05, 0) is 30.7 Å². The minimum atomic E-state index is 0.289. The van der Waals surface area contributed by atoms with Crippen molar-refractivity contribution in [3.8, 4) is 0 Å². The van der Waals surface area contributed by atoms with Gasteiger partial charge in [0.25, 0.3) is 0 Å². The molecule has 0 radical (unpaired) electrons. The van der Waals surface area contributed by atoms with Crippen LogP contribution in [0, 0.1) is 11.8 Å². The maximum absolute atomic E-state index is 6.10. The van der Waals surface area contributed by atoms with Gasteiger partial charge in [-0.2, -0.15) is 0 Å². The first-order chi connectivity index (χ1) is 7.99. The lowest BCUT2D eigenvalue weighted by molar-refractivity contribution is 0.435. The van der Waals surface area contributed by atoms with Crippen LogP contribution < -0.4 is 5.32 Å². The van der Waals surface area contributed by atoms with Gasteiger partial charge in [0.2, 0.25) is 0 Å². The topological polar surface area (TPSA) is 24.9 Å².